The van der Waals surface area contributed by atoms with Crippen molar-refractivity contribution < 1.29 is 107 Å². The lowest BCUT2D eigenvalue weighted by molar-refractivity contribution is -0.143. The largest absolute Gasteiger partial charge is 0.481 e. The number of carbonyl (C=O) groups excluding carboxylic acids is 14. The van der Waals surface area contributed by atoms with E-state index in [9.17, 15) is 102 Å². The smallest absolute Gasteiger partial charge is 0.326 e. The van der Waals surface area contributed by atoms with Crippen LogP contribution in [0.2, 0.25) is 0 Å². The molecule has 0 aromatic heterocycles. The Hall–Kier alpha value is -9.17. The molecule has 1 aliphatic rings. The number of aliphatic hydroxyl groups excluding tert-OH is 2. The lowest BCUT2D eigenvalue weighted by Crippen LogP contribution is -2.63. The highest BCUT2D eigenvalue weighted by Crippen LogP contribution is 2.21. The topological polar surface area (TPSA) is 603 Å². The summed E-state index contributed by atoms with van der Waals surface area (Å²) >= 11 is 0. The Bertz CT molecular complexity index is 2890. The van der Waals surface area contributed by atoms with Gasteiger partial charge in [-0.3, -0.25) is 76.7 Å². The quantitative estimate of drug-likeness (QED) is 0.0252. The molecule has 0 bridgehead atoms. The van der Waals surface area contributed by atoms with Crippen molar-refractivity contribution in [1.82, 2.24) is 74.0 Å². The van der Waals surface area contributed by atoms with E-state index in [4.69, 9.17) is 16.6 Å². The molecule has 38 nitrogen and oxygen atoms in total. The summed E-state index contributed by atoms with van der Waals surface area (Å²) < 4.78 is 0. The summed E-state index contributed by atoms with van der Waals surface area (Å²) in [4.78, 5) is 224. The molecule has 14 amide bonds. The number of nitrogens with one attached hydrogen (secondary N) is 13. The number of rotatable bonds is 46. The molecule has 38 heteroatoms. The second-order valence-corrected chi connectivity index (χ2v) is 26.7. The molecular weight excluding hydrogens is 1330 g/mol. The Labute approximate surface area is 586 Å². The van der Waals surface area contributed by atoms with E-state index in [1.165, 1.54) is 39.5 Å². The van der Waals surface area contributed by atoms with Crippen molar-refractivity contribution in [3.8, 4) is 0 Å². The Kier molecular flexibility index (Phi) is 39.9. The maximum atomic E-state index is 14.2. The van der Waals surface area contributed by atoms with Crippen molar-refractivity contribution in [3.05, 3.63) is 0 Å². The summed E-state index contributed by atoms with van der Waals surface area (Å²) in [5.74, 6) is -20.1. The number of nitrogens with zero attached hydrogens (tertiary/aromatic N) is 1. The van der Waals surface area contributed by atoms with E-state index in [1.54, 1.807) is 41.5 Å². The van der Waals surface area contributed by atoms with Gasteiger partial charge in [0, 0.05) is 13.0 Å². The maximum absolute atomic E-state index is 14.2. The molecule has 101 heavy (non-hydrogen) atoms. The lowest BCUT2D eigenvalue weighted by atomic mass is 9.98. The van der Waals surface area contributed by atoms with Gasteiger partial charge in [0.1, 0.15) is 66.5 Å². The van der Waals surface area contributed by atoms with Crippen LogP contribution in [0.15, 0.2) is 0 Å². The van der Waals surface area contributed by atoms with Crippen molar-refractivity contribution in [2.75, 3.05) is 39.3 Å². The molecule has 0 radical (unpaired) electrons. The number of amides is 14. The predicted molar refractivity (Wildman–Crippen MR) is 359 cm³/mol. The van der Waals surface area contributed by atoms with E-state index in [-0.39, 0.29) is 44.1 Å². The molecule has 0 spiro atoms. The number of carbonyl (C=O) groups is 17. The monoisotopic (exact) mass is 1440 g/mol. The van der Waals surface area contributed by atoms with Crippen LogP contribution in [0.4, 0.5) is 0 Å². The van der Waals surface area contributed by atoms with Gasteiger partial charge >= 0.3 is 17.9 Å². The fourth-order valence-corrected chi connectivity index (χ4v) is 10.2. The van der Waals surface area contributed by atoms with Gasteiger partial charge in [0.15, 0.2) is 0 Å². The van der Waals surface area contributed by atoms with Crippen LogP contribution in [0.1, 0.15) is 147 Å². The van der Waals surface area contributed by atoms with Gasteiger partial charge in [0.25, 0.3) is 0 Å². The fraction of sp³-hybridized carbons (Fsp3) is 0.730. The molecule has 0 aromatic carbocycles. The maximum Gasteiger partial charge on any atom is 0.326 e. The zero-order valence-corrected chi connectivity index (χ0v) is 59.5. The molecule has 0 saturated carbocycles. The van der Waals surface area contributed by atoms with Crippen molar-refractivity contribution in [3.63, 3.8) is 0 Å². The summed E-state index contributed by atoms with van der Waals surface area (Å²) in [7, 11) is 0. The molecule has 0 aliphatic carbocycles. The summed E-state index contributed by atoms with van der Waals surface area (Å²) in [6.45, 7) is 15.6. The number of unbranched alkanes of at least 4 members (excludes halogenated alkanes) is 1. The van der Waals surface area contributed by atoms with E-state index in [1.807, 2.05) is 0 Å². The average Bonchev–Trinajstić information content (AvgIpc) is 1.77. The third kappa shape index (κ3) is 32.8. The van der Waals surface area contributed by atoms with Gasteiger partial charge in [-0.2, -0.15) is 0 Å². The molecule has 22 N–H and O–H groups in total. The fourth-order valence-electron chi connectivity index (χ4n) is 10.2. The van der Waals surface area contributed by atoms with Gasteiger partial charge in [0.05, 0.1) is 44.8 Å². The van der Waals surface area contributed by atoms with Crippen LogP contribution in [0, 0.1) is 29.6 Å². The Morgan fingerprint density at radius 1 is 0.446 bits per heavy atom. The molecular formula is C63H108N16O22. The second-order valence-electron chi connectivity index (χ2n) is 26.7. The second kappa shape index (κ2) is 44.9. The molecule has 0 aromatic rings. The Balaban J connectivity index is 3.23. The molecule has 1 saturated heterocycles. The number of hydrogen-bond donors (Lipinski definition) is 20. The first-order valence-corrected chi connectivity index (χ1v) is 33.6. The summed E-state index contributed by atoms with van der Waals surface area (Å²) in [5, 5.41) is 80.2. The van der Waals surface area contributed by atoms with Crippen LogP contribution in [0.25, 0.3) is 0 Å². The summed E-state index contributed by atoms with van der Waals surface area (Å²) in [6, 6.07) is -17.3. The van der Waals surface area contributed by atoms with Crippen LogP contribution in [-0.4, -0.2) is 249 Å². The minimum atomic E-state index is -1.85. The van der Waals surface area contributed by atoms with Gasteiger partial charge in [0.2, 0.25) is 82.7 Å². The van der Waals surface area contributed by atoms with E-state index in [2.05, 4.69) is 69.1 Å². The molecule has 1 heterocycles. The molecule has 1 aliphatic heterocycles. The lowest BCUT2D eigenvalue weighted by Gasteiger charge is -2.31. The number of carboxylic acid groups (broad SMARTS) is 3. The minimum Gasteiger partial charge on any atom is -0.481 e. The van der Waals surface area contributed by atoms with Gasteiger partial charge in [-0.25, -0.2) is 4.79 Å². The normalized spacial score (nSPS) is 16.4. The molecule has 572 valence electrons. The van der Waals surface area contributed by atoms with Crippen LogP contribution in [-0.2, 0) is 81.5 Å². The number of aliphatic carboxylic acids is 3. The third-order valence-corrected chi connectivity index (χ3v) is 15.7. The number of carboxylic acids is 3. The number of nitrogens with two attached hydrogens (primary N) is 2. The standard InChI is InChI=1S/C63H108N16O22/c1-29(2)22-38(72-54(91)39(24-47(87)88)70-45(84)27-68-58(95)48(31(5)6)75-53(90)36(16-13-14-20-64)71-52(89)34(11)65)55(92)76-50(33(9)10)60(97)78-51(35(12)81)61(98)77-49(32(7)8)59(96)74-41(28-80)56(93)73-40(23-30(3)4)62(99)79-21-15-17-42(79)57(94)67-25-43(82)66-26-44(83)69-37(63(100)101)18-19-46(85)86/h29-42,48-51,80-81H,13-28,64-65H2,1-12H3,(H,66,82)(H,67,94)(H,68,95)(H,69,83)(H,70,84)(H,71,89)(H,72,91)(H,73,93)(H,74,96)(H,75,90)(H,76,92)(H,77,98)(H,78,97)(H,85,86)(H,87,88)(H,100,101)/t34-,35+,36-,37-,38-,39-,40-,41-,42-,48-,49-,50-,51-/m0/s1. The third-order valence-electron chi connectivity index (χ3n) is 15.7. The van der Waals surface area contributed by atoms with Gasteiger partial charge in [-0.05, 0) is 101 Å². The van der Waals surface area contributed by atoms with Crippen LogP contribution in [0.5, 0.6) is 0 Å². The summed E-state index contributed by atoms with van der Waals surface area (Å²) in [6.07, 6.45) is -2.21. The van der Waals surface area contributed by atoms with Gasteiger partial charge in [-0.1, -0.05) is 69.2 Å². The number of likely N-dealkylation sites (tertiary alicyclic amines) is 1. The molecule has 0 unspecified atom stereocenters. The van der Waals surface area contributed by atoms with E-state index in [0.717, 1.165) is 6.92 Å². The first kappa shape index (κ1) is 89.8. The van der Waals surface area contributed by atoms with Crippen LogP contribution in [0.3, 0.4) is 0 Å². The molecule has 1 rings (SSSR count). The van der Waals surface area contributed by atoms with Gasteiger partial charge in [-0.15, -0.1) is 0 Å². The summed E-state index contributed by atoms with van der Waals surface area (Å²) in [5.41, 5.74) is 11.3. The zero-order chi connectivity index (χ0) is 77.3. The number of aliphatic hydroxyl groups is 2. The molecule has 13 atom stereocenters. The van der Waals surface area contributed by atoms with Crippen LogP contribution < -0.4 is 80.6 Å². The van der Waals surface area contributed by atoms with Crippen molar-refractivity contribution in [1.29, 1.82) is 0 Å². The predicted octanol–water partition coefficient (Wildman–Crippen LogP) is -6.49. The Morgan fingerprint density at radius 3 is 1.38 bits per heavy atom. The van der Waals surface area contributed by atoms with Gasteiger partial charge < -0.3 is 111 Å². The SMILES string of the molecule is CC(C)C[C@H](NC(=O)[C@H](CC(=O)O)NC(=O)CNC(=O)[C@@H](NC(=O)[C@H](CCCCN)NC(=O)[C@H](C)N)C(C)C)C(=O)N[C@H](C(=O)N[C@H](C(=O)N[C@H](C(=O)N[C@@H](CO)C(=O)N[C@@H](CC(C)C)C(=O)N1CCC[C@H]1C(=O)NCC(=O)NCC(=O)N[C@@H](CCC(=O)O)C(=O)O)C(C)C)[C@@H](C)O)C(C)C. The number of hydrogen-bond acceptors (Lipinski definition) is 21. The highest BCUT2D eigenvalue weighted by molar-refractivity contribution is 6.00. The average molecular weight is 1440 g/mol. The van der Waals surface area contributed by atoms with E-state index in [0.29, 0.717) is 25.8 Å². The van der Waals surface area contributed by atoms with Crippen LogP contribution >= 0.6 is 0 Å². The van der Waals surface area contributed by atoms with Crippen molar-refractivity contribution in [2.45, 2.75) is 226 Å². The van der Waals surface area contributed by atoms with E-state index < -0.39 is 242 Å². The zero-order valence-electron chi connectivity index (χ0n) is 59.5. The highest BCUT2D eigenvalue weighted by atomic mass is 16.4. The van der Waals surface area contributed by atoms with Crippen molar-refractivity contribution >= 4 is 101 Å². The first-order chi connectivity index (χ1) is 47.1. The highest BCUT2D eigenvalue weighted by Gasteiger charge is 2.41. The first-order valence-electron chi connectivity index (χ1n) is 33.6. The van der Waals surface area contributed by atoms with E-state index >= 15 is 0 Å². The molecule has 1 fully saturated rings. The minimum absolute atomic E-state index is 0.00796. The Morgan fingerprint density at radius 2 is 0.881 bits per heavy atom. The van der Waals surface area contributed by atoms with Crippen molar-refractivity contribution in [2.24, 2.45) is 41.1 Å².